The first kappa shape index (κ1) is 96.5. The molecule has 0 aliphatic carbocycles. The molecule has 0 saturated carbocycles. The van der Waals surface area contributed by atoms with Crippen molar-refractivity contribution in [2.24, 2.45) is 11.8 Å². The number of hydrogen-bond acceptors (Lipinski definition) is 24. The fourth-order valence-corrected chi connectivity index (χ4v) is 14.8. The molecule has 13 amide bonds. The van der Waals surface area contributed by atoms with Crippen molar-refractivity contribution < 1.29 is 110 Å². The third-order valence-corrected chi connectivity index (χ3v) is 22.0. The minimum absolute atomic E-state index is 0.000281. The van der Waals surface area contributed by atoms with Gasteiger partial charge in [0.15, 0.2) is 29.2 Å². The first-order valence-electron chi connectivity index (χ1n) is 41.6. The summed E-state index contributed by atoms with van der Waals surface area (Å²) in [6, 6.07) is 13.7. The van der Waals surface area contributed by atoms with Crippen LogP contribution in [0, 0.1) is 11.8 Å². The summed E-state index contributed by atoms with van der Waals surface area (Å²) in [7, 11) is 4.39. The lowest BCUT2D eigenvalue weighted by Crippen LogP contribution is -2.53. The van der Waals surface area contributed by atoms with Crippen molar-refractivity contribution in [1.82, 2.24) is 41.3 Å². The Morgan fingerprint density at radius 1 is 0.565 bits per heavy atom. The number of likely N-dealkylation sites (tertiary alicyclic amines) is 1. The largest absolute Gasteiger partial charge is 0.493 e. The highest BCUT2D eigenvalue weighted by molar-refractivity contribution is 7.81. The molecule has 3 saturated heterocycles. The first-order valence-corrected chi connectivity index (χ1v) is 42.1. The van der Waals surface area contributed by atoms with Gasteiger partial charge >= 0.3 is 12.2 Å². The maximum absolute atomic E-state index is 14.5. The summed E-state index contributed by atoms with van der Waals surface area (Å²) >= 11 is 4.12. The van der Waals surface area contributed by atoms with E-state index in [4.69, 9.17) is 42.6 Å². The van der Waals surface area contributed by atoms with E-state index in [9.17, 15) is 67.4 Å². The van der Waals surface area contributed by atoms with Crippen LogP contribution in [0.5, 0.6) is 23.0 Å². The summed E-state index contributed by atoms with van der Waals surface area (Å²) in [5, 5.41) is 30.7. The van der Waals surface area contributed by atoms with E-state index < -0.39 is 112 Å². The molecule has 3 fully saturated rings. The van der Waals surface area contributed by atoms with Crippen LogP contribution in [0.2, 0.25) is 0 Å². The van der Waals surface area contributed by atoms with Gasteiger partial charge in [-0.15, -0.1) is 0 Å². The Labute approximate surface area is 727 Å². The van der Waals surface area contributed by atoms with Gasteiger partial charge in [0.2, 0.25) is 53.2 Å². The minimum Gasteiger partial charge on any atom is -0.493 e. The summed E-state index contributed by atoms with van der Waals surface area (Å²) in [4.78, 5) is 181. The molecule has 5 aliphatic heterocycles. The molecule has 5 heterocycles. The molecule has 9 rings (SSSR count). The molecule has 0 bridgehead atoms. The summed E-state index contributed by atoms with van der Waals surface area (Å²) < 4.78 is 52.4. The SMILES string of the molecule is C=C1C[C@H]2CN(C(=O)OCc3ccc(NC(=O)[C@H](C)NC(=O)[C@@H](NC(=O)CCOCCOC)C(C)C)cc3)c3cc(OCCCCCOc4cc5c(cc4OC)C(=O)N4CC(=C)C[C@H]4[C@H](O)N5C(=O)OCc4ccc(NC(=O)[C@H](C)NC(=O)[C@@H](NC(=O)CCC(C)(C)OCC(C)(C)NC(=O)CCN5C(=O)CC(S)C5=O)C(C)C)cc4)c(OC)cc3C(=O)N2C1. The van der Waals surface area contributed by atoms with Gasteiger partial charge in [0.25, 0.3) is 11.8 Å². The maximum Gasteiger partial charge on any atom is 0.416 e. The van der Waals surface area contributed by atoms with Crippen LogP contribution in [-0.2, 0) is 80.0 Å². The number of hydrogen-bond donors (Lipinski definition) is 9. The molecule has 0 aromatic heterocycles. The average Bonchev–Trinajstić information content (AvgIpc) is 1.59. The fraction of sp³-hybridized carbons (Fsp3) is 0.534. The van der Waals surface area contributed by atoms with Crippen LogP contribution in [0.4, 0.5) is 32.3 Å². The number of benzene rings is 4. The van der Waals surface area contributed by atoms with Crippen LogP contribution in [0.15, 0.2) is 97.1 Å². The number of nitrogens with zero attached hydrogens (tertiary/aromatic N) is 5. The molecular formula is C88H118N12O23S. The Morgan fingerprint density at radius 2 is 1.07 bits per heavy atom. The number of anilines is 4. The molecule has 0 spiro atoms. The van der Waals surface area contributed by atoms with Crippen molar-refractivity contribution in [3.8, 4) is 23.0 Å². The van der Waals surface area contributed by atoms with E-state index in [1.807, 2.05) is 0 Å². The van der Waals surface area contributed by atoms with Crippen molar-refractivity contribution in [3.63, 3.8) is 0 Å². The summed E-state index contributed by atoms with van der Waals surface area (Å²) in [5.41, 5.74) is 2.06. The molecule has 36 heteroatoms. The Balaban J connectivity index is 0.751. The number of carbonyl (C=O) groups excluding carboxylic acids is 13. The Hall–Kier alpha value is -11.3. The van der Waals surface area contributed by atoms with Gasteiger partial charge in [-0.1, -0.05) is 76.3 Å². The lowest BCUT2D eigenvalue weighted by Gasteiger charge is -2.33. The van der Waals surface area contributed by atoms with Crippen LogP contribution >= 0.6 is 12.6 Å². The van der Waals surface area contributed by atoms with E-state index >= 15 is 0 Å². The topological polar surface area (TPSA) is 426 Å². The predicted molar refractivity (Wildman–Crippen MR) is 461 cm³/mol. The zero-order valence-corrected chi connectivity index (χ0v) is 73.7. The van der Waals surface area contributed by atoms with Gasteiger partial charge in [0.05, 0.1) is 111 Å². The zero-order valence-electron chi connectivity index (χ0n) is 72.8. The number of aliphatic hydroxyl groups excluding tert-OH is 1. The second-order valence-electron chi connectivity index (χ2n) is 33.4. The Kier molecular flexibility index (Phi) is 34.1. The second-order valence-corrected chi connectivity index (χ2v) is 34.0. The summed E-state index contributed by atoms with van der Waals surface area (Å²) in [5.74, 6) is -4.85. The number of imide groups is 1. The van der Waals surface area contributed by atoms with Gasteiger partial charge in [-0.25, -0.2) is 14.5 Å². The average molecular weight is 1740 g/mol. The van der Waals surface area contributed by atoms with Crippen LogP contribution < -0.4 is 66.0 Å². The number of ether oxygens (including phenoxy) is 9. The zero-order chi connectivity index (χ0) is 90.6. The molecule has 8 atom stereocenters. The van der Waals surface area contributed by atoms with Gasteiger partial charge < -0.3 is 94.8 Å². The summed E-state index contributed by atoms with van der Waals surface area (Å²) in [6.07, 6.45) is -1.01. The lowest BCUT2D eigenvalue weighted by molar-refractivity contribution is -0.139. The third kappa shape index (κ3) is 25.9. The van der Waals surface area contributed by atoms with Crippen LogP contribution in [-0.4, -0.2) is 243 Å². The van der Waals surface area contributed by atoms with Gasteiger partial charge in [0.1, 0.15) is 37.4 Å². The van der Waals surface area contributed by atoms with Crippen molar-refractivity contribution in [2.75, 3.05) is 108 Å². The molecule has 674 valence electrons. The highest BCUT2D eigenvalue weighted by Crippen LogP contribution is 2.44. The quantitative estimate of drug-likeness (QED) is 0.00890. The van der Waals surface area contributed by atoms with Crippen molar-refractivity contribution in [2.45, 2.75) is 206 Å². The van der Waals surface area contributed by atoms with E-state index in [0.29, 0.717) is 73.5 Å². The smallest absolute Gasteiger partial charge is 0.416 e. The number of nitrogens with one attached hydrogen (secondary N) is 7. The minimum atomic E-state index is -1.60. The molecule has 8 N–H and O–H groups in total. The van der Waals surface area contributed by atoms with Crippen LogP contribution in [0.3, 0.4) is 0 Å². The van der Waals surface area contributed by atoms with Crippen molar-refractivity contribution in [1.29, 1.82) is 0 Å². The highest BCUT2D eigenvalue weighted by atomic mass is 32.1. The monoisotopic (exact) mass is 1740 g/mol. The molecule has 35 nitrogen and oxygen atoms in total. The number of thiol groups is 1. The molecule has 5 aliphatic rings. The molecule has 124 heavy (non-hydrogen) atoms. The maximum atomic E-state index is 14.5. The van der Waals surface area contributed by atoms with Gasteiger partial charge in [0, 0.05) is 75.9 Å². The number of methoxy groups -OCH3 is 3. The third-order valence-electron chi connectivity index (χ3n) is 21.6. The van der Waals surface area contributed by atoms with E-state index in [2.05, 4.69) is 63.0 Å². The number of rotatable bonds is 42. The Morgan fingerprint density at radius 3 is 1.60 bits per heavy atom. The number of amides is 13. The summed E-state index contributed by atoms with van der Waals surface area (Å²) in [6.45, 7) is 26.5. The molecule has 4 aromatic rings. The first-order chi connectivity index (χ1) is 58.8. The fourth-order valence-electron chi connectivity index (χ4n) is 14.5. The molecule has 1 unspecified atom stereocenters. The number of carbonyl (C=O) groups is 13. The second kappa shape index (κ2) is 43.8. The van der Waals surface area contributed by atoms with Gasteiger partial charge in [-0.05, 0) is 139 Å². The van der Waals surface area contributed by atoms with Crippen LogP contribution in [0.1, 0.15) is 165 Å². The lowest BCUT2D eigenvalue weighted by atomic mass is 9.99. The number of unbranched alkanes of at least 4 members (excludes halogenated alkanes) is 2. The number of aliphatic hydroxyl groups is 1. The van der Waals surface area contributed by atoms with Gasteiger partial charge in [-0.2, -0.15) is 12.6 Å². The molecule has 4 aromatic carbocycles. The molecule has 0 radical (unpaired) electrons. The van der Waals surface area contributed by atoms with E-state index in [0.717, 1.165) is 15.4 Å². The molecular weight excluding hydrogens is 1630 g/mol. The Bertz CT molecular complexity index is 4600. The normalized spacial score (nSPS) is 17.9. The standard InChI is InChI=1S/C88H118N12O23S/c1-50(2)75(93-71(101)27-30-88(11,12)123-49-87(9,10)95-73(103)28-31-96-74(104)43-70(124)84(96)112)79(107)89-54(7)77(105)92-59-25-21-57(22-26-59)48-122-86(114)100-64-42-69(67(117-15)40-62(64)82(110)98-45-53(6)38-65(98)83(100)111)120-33-18-16-17-32-119-68-41-63-61(39-66(68)116-14)81(109)97-44-52(5)37-60(97)46-99(63)85(113)121-47-56-19-23-58(24-20-56)91-78(106)55(8)90-80(108)76(51(3)4)94-72(102)29-34-118-36-35-115-13/h19-26,39-42,50-51,54-55,60,65,70,75-76,83,111,124H,5-6,16-18,27-38,43-49H2,1-4,7-15H3,(H,89,107)(H,90,108)(H,91,106)(H,92,105)(H,93,101)(H,94,102)(H,95,103)/t54-,55-,60-,65-,70?,75-,76-,83-/m0/s1. The highest BCUT2D eigenvalue weighted by Gasteiger charge is 2.48. The van der Waals surface area contributed by atoms with E-state index in [1.54, 1.807) is 128 Å². The van der Waals surface area contributed by atoms with Crippen molar-refractivity contribution in [3.05, 3.63) is 119 Å². The van der Waals surface area contributed by atoms with Crippen LogP contribution in [0.25, 0.3) is 0 Å². The van der Waals surface area contributed by atoms with Gasteiger partial charge in [-0.3, -0.25) is 62.5 Å². The predicted octanol–water partition coefficient (Wildman–Crippen LogP) is 7.64. The number of fused-ring (bicyclic) bond motifs is 4. The van der Waals surface area contributed by atoms with E-state index in [-0.39, 0.29) is 179 Å². The van der Waals surface area contributed by atoms with E-state index in [1.165, 1.54) is 50.0 Å². The van der Waals surface area contributed by atoms with Crippen molar-refractivity contribution >= 4 is 113 Å².